The van der Waals surface area contributed by atoms with Crippen molar-refractivity contribution in [2.24, 2.45) is 0 Å². The van der Waals surface area contributed by atoms with E-state index in [1.54, 1.807) is 48.5 Å². The summed E-state index contributed by atoms with van der Waals surface area (Å²) in [4.78, 5) is 12.6. The summed E-state index contributed by atoms with van der Waals surface area (Å²) >= 11 is 0. The molecule has 0 saturated carbocycles. The van der Waals surface area contributed by atoms with E-state index in [2.05, 4.69) is 6.92 Å². The van der Waals surface area contributed by atoms with E-state index in [1.165, 1.54) is 56.0 Å². The van der Waals surface area contributed by atoms with Gasteiger partial charge >= 0.3 is 5.97 Å². The Morgan fingerprint density at radius 1 is 0.700 bits per heavy atom. The summed E-state index contributed by atoms with van der Waals surface area (Å²) in [5, 5.41) is 0. The fourth-order valence-electron chi connectivity index (χ4n) is 4.40. The quantitative estimate of drug-likeness (QED) is 0.101. The van der Waals surface area contributed by atoms with Gasteiger partial charge in [-0.3, -0.25) is 0 Å². The molecule has 0 atom stereocenters. The number of carbonyl (C=O) groups excluding carboxylic acids is 1. The van der Waals surface area contributed by atoms with Crippen LogP contribution in [0.4, 0.5) is 13.2 Å². The van der Waals surface area contributed by atoms with Crippen molar-refractivity contribution in [3.63, 3.8) is 0 Å². The van der Waals surface area contributed by atoms with Gasteiger partial charge in [-0.25, -0.2) is 13.6 Å². The molecule has 4 aromatic rings. The lowest BCUT2D eigenvalue weighted by Gasteiger charge is -2.11. The zero-order valence-electron chi connectivity index (χ0n) is 22.8. The third-order valence-electron chi connectivity index (χ3n) is 6.75. The summed E-state index contributed by atoms with van der Waals surface area (Å²) in [6.07, 6.45) is 6.89. The molecule has 6 heteroatoms. The predicted octanol–water partition coefficient (Wildman–Crippen LogP) is 9.70. The number of ether oxygens (including phenoxy) is 2. The molecule has 0 fully saturated rings. The van der Waals surface area contributed by atoms with E-state index in [0.29, 0.717) is 29.0 Å². The molecule has 0 heterocycles. The first kappa shape index (κ1) is 28.9. The minimum absolute atomic E-state index is 0.0718. The summed E-state index contributed by atoms with van der Waals surface area (Å²) in [5.74, 6) is -3.68. The molecule has 40 heavy (non-hydrogen) atoms. The molecule has 0 aliphatic heterocycles. The van der Waals surface area contributed by atoms with Crippen LogP contribution in [0.3, 0.4) is 0 Å². The first-order valence-electron chi connectivity index (χ1n) is 13.7. The smallest absolute Gasteiger partial charge is 0.343 e. The topological polar surface area (TPSA) is 35.5 Å². The predicted molar refractivity (Wildman–Crippen MR) is 152 cm³/mol. The summed E-state index contributed by atoms with van der Waals surface area (Å²) in [6.45, 7) is 4.62. The number of aryl methyl sites for hydroxylation is 1. The Labute approximate surface area is 233 Å². The minimum Gasteiger partial charge on any atom is -0.493 e. The second-order valence-electron chi connectivity index (χ2n) is 9.83. The van der Waals surface area contributed by atoms with Crippen LogP contribution in [0.25, 0.3) is 22.3 Å². The number of hydrogen-bond acceptors (Lipinski definition) is 3. The van der Waals surface area contributed by atoms with Crippen molar-refractivity contribution in [3.8, 4) is 33.8 Å². The zero-order valence-corrected chi connectivity index (χ0v) is 22.8. The van der Waals surface area contributed by atoms with E-state index in [1.807, 2.05) is 6.92 Å². The molecule has 0 unspecified atom stereocenters. The molecule has 0 amide bonds. The maximum absolute atomic E-state index is 14.8. The average Bonchev–Trinajstić information content (AvgIpc) is 2.96. The van der Waals surface area contributed by atoms with Crippen molar-refractivity contribution in [2.75, 3.05) is 6.61 Å². The lowest BCUT2D eigenvalue weighted by Crippen LogP contribution is -2.10. The molecular formula is C34H33F3O3. The van der Waals surface area contributed by atoms with Crippen LogP contribution in [-0.2, 0) is 0 Å². The van der Waals surface area contributed by atoms with E-state index < -0.39 is 29.2 Å². The van der Waals surface area contributed by atoms with Crippen molar-refractivity contribution in [1.82, 2.24) is 0 Å². The van der Waals surface area contributed by atoms with Crippen molar-refractivity contribution < 1.29 is 27.4 Å². The van der Waals surface area contributed by atoms with E-state index in [0.717, 1.165) is 18.4 Å². The van der Waals surface area contributed by atoms with Gasteiger partial charge in [-0.15, -0.1) is 0 Å². The SMILES string of the molecule is CCCCCCCCOc1ccc(-c2ccc(C(=O)Oc3ccc(-c4ccc(C)cc4)c(F)c3F)cc2)c(F)c1. The third kappa shape index (κ3) is 7.32. The van der Waals surface area contributed by atoms with Gasteiger partial charge in [0.25, 0.3) is 0 Å². The Kier molecular flexibility index (Phi) is 10.0. The van der Waals surface area contributed by atoms with Crippen LogP contribution in [0.2, 0.25) is 0 Å². The lowest BCUT2D eigenvalue weighted by atomic mass is 10.0. The second-order valence-corrected chi connectivity index (χ2v) is 9.83. The number of rotatable bonds is 12. The van der Waals surface area contributed by atoms with Crippen molar-refractivity contribution in [1.29, 1.82) is 0 Å². The van der Waals surface area contributed by atoms with Gasteiger partial charge in [-0.1, -0.05) is 81.0 Å². The van der Waals surface area contributed by atoms with Crippen molar-refractivity contribution >= 4 is 5.97 Å². The van der Waals surface area contributed by atoms with Gasteiger partial charge in [-0.2, -0.15) is 4.39 Å². The monoisotopic (exact) mass is 546 g/mol. The van der Waals surface area contributed by atoms with Crippen LogP contribution >= 0.6 is 0 Å². The highest BCUT2D eigenvalue weighted by Gasteiger charge is 2.19. The van der Waals surface area contributed by atoms with Gasteiger partial charge in [0.05, 0.1) is 12.2 Å². The zero-order chi connectivity index (χ0) is 28.5. The Morgan fingerprint density at radius 3 is 2.02 bits per heavy atom. The molecule has 0 saturated heterocycles. The van der Waals surface area contributed by atoms with E-state index >= 15 is 0 Å². The first-order valence-corrected chi connectivity index (χ1v) is 13.7. The van der Waals surface area contributed by atoms with Gasteiger partial charge in [-0.05, 0) is 60.9 Å². The maximum Gasteiger partial charge on any atom is 0.343 e. The molecule has 0 aliphatic rings. The minimum atomic E-state index is -1.25. The molecule has 3 nitrogen and oxygen atoms in total. The van der Waals surface area contributed by atoms with Gasteiger partial charge in [0.15, 0.2) is 11.6 Å². The van der Waals surface area contributed by atoms with Crippen molar-refractivity contribution in [3.05, 3.63) is 107 Å². The van der Waals surface area contributed by atoms with Gasteiger partial charge in [0, 0.05) is 17.2 Å². The van der Waals surface area contributed by atoms with Gasteiger partial charge in [0.1, 0.15) is 11.6 Å². The summed E-state index contributed by atoms with van der Waals surface area (Å²) in [5.41, 5.74) is 2.60. The molecule has 208 valence electrons. The van der Waals surface area contributed by atoms with Gasteiger partial charge < -0.3 is 9.47 Å². The van der Waals surface area contributed by atoms with Crippen LogP contribution in [0.1, 0.15) is 61.4 Å². The van der Waals surface area contributed by atoms with Crippen molar-refractivity contribution in [2.45, 2.75) is 52.4 Å². The van der Waals surface area contributed by atoms with Crippen LogP contribution in [0.15, 0.2) is 78.9 Å². The highest BCUT2D eigenvalue weighted by Crippen LogP contribution is 2.31. The van der Waals surface area contributed by atoms with E-state index in [9.17, 15) is 18.0 Å². The molecule has 0 aliphatic carbocycles. The number of carbonyl (C=O) groups is 1. The third-order valence-corrected chi connectivity index (χ3v) is 6.75. The van der Waals surface area contributed by atoms with Crippen LogP contribution in [0, 0.1) is 24.4 Å². The average molecular weight is 547 g/mol. The number of halogens is 3. The first-order chi connectivity index (χ1) is 19.4. The highest BCUT2D eigenvalue weighted by atomic mass is 19.2. The summed E-state index contributed by atoms with van der Waals surface area (Å²) in [6, 6.07) is 20.3. The van der Waals surface area contributed by atoms with E-state index in [-0.39, 0.29) is 11.1 Å². The largest absolute Gasteiger partial charge is 0.493 e. The van der Waals surface area contributed by atoms with Crippen LogP contribution in [0.5, 0.6) is 11.5 Å². The fourth-order valence-corrected chi connectivity index (χ4v) is 4.40. The fraction of sp³-hybridized carbons (Fsp3) is 0.265. The molecule has 0 N–H and O–H groups in total. The highest BCUT2D eigenvalue weighted by molar-refractivity contribution is 5.91. The normalized spacial score (nSPS) is 10.9. The molecule has 4 aromatic carbocycles. The molecular weight excluding hydrogens is 513 g/mol. The van der Waals surface area contributed by atoms with E-state index in [4.69, 9.17) is 9.47 Å². The Balaban J connectivity index is 1.37. The van der Waals surface area contributed by atoms with Crippen LogP contribution in [-0.4, -0.2) is 12.6 Å². The number of benzene rings is 4. The molecule has 0 aromatic heterocycles. The second kappa shape index (κ2) is 13.8. The maximum atomic E-state index is 14.8. The Morgan fingerprint density at radius 2 is 1.32 bits per heavy atom. The molecule has 0 spiro atoms. The number of hydrogen-bond donors (Lipinski definition) is 0. The summed E-state index contributed by atoms with van der Waals surface area (Å²) < 4.78 is 55.1. The van der Waals surface area contributed by atoms with Gasteiger partial charge in [0.2, 0.25) is 5.82 Å². The number of esters is 1. The number of unbranched alkanes of at least 4 members (excludes halogenated alkanes) is 5. The molecule has 0 radical (unpaired) electrons. The Hall–Kier alpha value is -4.06. The van der Waals surface area contributed by atoms with Crippen LogP contribution < -0.4 is 9.47 Å². The molecule has 4 rings (SSSR count). The standard InChI is InChI=1S/C34H33F3O3/c1-3-4-5-6-7-8-21-39-27-17-18-28(30(35)22-27)24-13-15-26(16-14-24)34(38)40-31-20-19-29(32(36)33(31)37)25-11-9-23(2)10-12-25/h9-20,22H,3-8,21H2,1-2H3. The summed E-state index contributed by atoms with van der Waals surface area (Å²) in [7, 11) is 0. The molecule has 0 bridgehead atoms. The lowest BCUT2D eigenvalue weighted by molar-refractivity contribution is 0.0726. The Bertz CT molecular complexity index is 1430.